The lowest BCUT2D eigenvalue weighted by molar-refractivity contribution is 0.759. The Labute approximate surface area is 116 Å². The molecule has 0 aliphatic carbocycles. The van der Waals surface area contributed by atoms with E-state index in [0.29, 0.717) is 6.54 Å². The largest absolute Gasteiger partial charge is 0.342 e. The molecule has 20 heavy (non-hydrogen) atoms. The SMILES string of the molecule is CNCc1nccc(Nc2ccc3nc(C)[nH]c3c2)n1. The maximum Gasteiger partial charge on any atom is 0.144 e. The first-order chi connectivity index (χ1) is 9.74. The molecular weight excluding hydrogens is 252 g/mol. The fraction of sp³-hybridized carbons (Fsp3) is 0.214. The number of aryl methyl sites for hydroxylation is 1. The summed E-state index contributed by atoms with van der Waals surface area (Å²) in [7, 11) is 1.87. The summed E-state index contributed by atoms with van der Waals surface area (Å²) in [6.07, 6.45) is 1.75. The number of aromatic amines is 1. The Bertz CT molecular complexity index is 733. The molecule has 0 aliphatic rings. The summed E-state index contributed by atoms with van der Waals surface area (Å²) in [6.45, 7) is 2.59. The van der Waals surface area contributed by atoms with Crippen LogP contribution in [0.3, 0.4) is 0 Å². The number of fused-ring (bicyclic) bond motifs is 1. The van der Waals surface area contributed by atoms with Crippen LogP contribution < -0.4 is 10.6 Å². The predicted octanol–water partition coefficient (Wildman–Crippen LogP) is 2.12. The van der Waals surface area contributed by atoms with Gasteiger partial charge in [-0.25, -0.2) is 15.0 Å². The zero-order valence-electron chi connectivity index (χ0n) is 11.4. The molecule has 3 N–H and O–H groups in total. The predicted molar refractivity (Wildman–Crippen MR) is 78.9 cm³/mol. The monoisotopic (exact) mass is 268 g/mol. The van der Waals surface area contributed by atoms with E-state index in [0.717, 1.165) is 34.2 Å². The number of benzene rings is 1. The van der Waals surface area contributed by atoms with Crippen LogP contribution >= 0.6 is 0 Å². The topological polar surface area (TPSA) is 78.5 Å². The standard InChI is InChI=1S/C14H16N6/c1-9-17-11-4-3-10(7-12(11)18-9)19-13-5-6-16-14(20-13)8-15-2/h3-7,15H,8H2,1-2H3,(H,17,18)(H,16,19,20). The molecule has 0 radical (unpaired) electrons. The van der Waals surface area contributed by atoms with E-state index in [9.17, 15) is 0 Å². The molecule has 2 heterocycles. The number of hydrogen-bond acceptors (Lipinski definition) is 5. The van der Waals surface area contributed by atoms with Gasteiger partial charge in [-0.15, -0.1) is 0 Å². The summed E-state index contributed by atoms with van der Waals surface area (Å²) in [4.78, 5) is 16.2. The van der Waals surface area contributed by atoms with Crippen molar-refractivity contribution in [1.29, 1.82) is 0 Å². The van der Waals surface area contributed by atoms with Gasteiger partial charge in [-0.05, 0) is 38.2 Å². The molecule has 0 spiro atoms. The highest BCUT2D eigenvalue weighted by atomic mass is 15.0. The Morgan fingerprint density at radius 2 is 2.10 bits per heavy atom. The molecule has 1 aromatic carbocycles. The number of anilines is 2. The third-order valence-electron chi connectivity index (χ3n) is 2.91. The van der Waals surface area contributed by atoms with Crippen molar-refractivity contribution in [1.82, 2.24) is 25.3 Å². The smallest absolute Gasteiger partial charge is 0.144 e. The van der Waals surface area contributed by atoms with Crippen LogP contribution in [0.5, 0.6) is 0 Å². The molecule has 6 nitrogen and oxygen atoms in total. The van der Waals surface area contributed by atoms with Crippen molar-refractivity contribution in [2.45, 2.75) is 13.5 Å². The first-order valence-corrected chi connectivity index (χ1v) is 6.44. The van der Waals surface area contributed by atoms with Crippen molar-refractivity contribution in [3.63, 3.8) is 0 Å². The van der Waals surface area contributed by atoms with Gasteiger partial charge < -0.3 is 15.6 Å². The summed E-state index contributed by atoms with van der Waals surface area (Å²) in [5.41, 5.74) is 2.94. The summed E-state index contributed by atoms with van der Waals surface area (Å²) < 4.78 is 0. The lowest BCUT2D eigenvalue weighted by Gasteiger charge is -2.06. The number of imidazole rings is 1. The maximum absolute atomic E-state index is 4.43. The van der Waals surface area contributed by atoms with Crippen LogP contribution in [-0.4, -0.2) is 27.0 Å². The van der Waals surface area contributed by atoms with E-state index >= 15 is 0 Å². The average molecular weight is 268 g/mol. The minimum Gasteiger partial charge on any atom is -0.342 e. The summed E-state index contributed by atoms with van der Waals surface area (Å²) >= 11 is 0. The minimum atomic E-state index is 0.647. The lowest BCUT2D eigenvalue weighted by atomic mass is 10.3. The fourth-order valence-corrected chi connectivity index (χ4v) is 2.07. The maximum atomic E-state index is 4.43. The second-order valence-corrected chi connectivity index (χ2v) is 4.57. The highest BCUT2D eigenvalue weighted by Gasteiger charge is 2.03. The number of nitrogens with zero attached hydrogens (tertiary/aromatic N) is 3. The number of H-pyrrole nitrogens is 1. The third-order valence-corrected chi connectivity index (χ3v) is 2.91. The van der Waals surface area contributed by atoms with Gasteiger partial charge in [-0.1, -0.05) is 0 Å². The van der Waals surface area contributed by atoms with E-state index in [1.165, 1.54) is 0 Å². The molecule has 0 bridgehead atoms. The highest BCUT2D eigenvalue weighted by Crippen LogP contribution is 2.19. The first kappa shape index (κ1) is 12.6. The van der Waals surface area contributed by atoms with Crippen molar-refractivity contribution < 1.29 is 0 Å². The van der Waals surface area contributed by atoms with E-state index in [1.807, 2.05) is 38.2 Å². The second kappa shape index (κ2) is 5.26. The fourth-order valence-electron chi connectivity index (χ4n) is 2.07. The molecule has 0 unspecified atom stereocenters. The van der Waals surface area contributed by atoms with Crippen LogP contribution in [0.1, 0.15) is 11.6 Å². The van der Waals surface area contributed by atoms with Crippen molar-refractivity contribution >= 4 is 22.5 Å². The second-order valence-electron chi connectivity index (χ2n) is 4.57. The zero-order chi connectivity index (χ0) is 13.9. The Kier molecular flexibility index (Phi) is 3.30. The van der Waals surface area contributed by atoms with Gasteiger partial charge in [0.2, 0.25) is 0 Å². The lowest BCUT2D eigenvalue weighted by Crippen LogP contribution is -2.09. The molecule has 0 fully saturated rings. The summed E-state index contributed by atoms with van der Waals surface area (Å²) in [6, 6.07) is 7.84. The van der Waals surface area contributed by atoms with Gasteiger partial charge in [-0.2, -0.15) is 0 Å². The van der Waals surface area contributed by atoms with Gasteiger partial charge in [-0.3, -0.25) is 0 Å². The number of nitrogens with one attached hydrogen (secondary N) is 3. The van der Waals surface area contributed by atoms with Gasteiger partial charge in [0.15, 0.2) is 0 Å². The Balaban J connectivity index is 1.86. The normalized spacial score (nSPS) is 10.9. The van der Waals surface area contributed by atoms with Gasteiger partial charge in [0.25, 0.3) is 0 Å². The summed E-state index contributed by atoms with van der Waals surface area (Å²) in [5.74, 6) is 2.45. The van der Waals surface area contributed by atoms with Crippen LogP contribution in [0, 0.1) is 6.92 Å². The van der Waals surface area contributed by atoms with Crippen molar-refractivity contribution in [2.24, 2.45) is 0 Å². The van der Waals surface area contributed by atoms with E-state index in [1.54, 1.807) is 6.20 Å². The zero-order valence-corrected chi connectivity index (χ0v) is 11.4. The van der Waals surface area contributed by atoms with E-state index < -0.39 is 0 Å². The van der Waals surface area contributed by atoms with Crippen molar-refractivity contribution in [2.75, 3.05) is 12.4 Å². The van der Waals surface area contributed by atoms with Crippen LogP contribution in [0.15, 0.2) is 30.5 Å². The van der Waals surface area contributed by atoms with Gasteiger partial charge in [0.1, 0.15) is 17.5 Å². The molecular formula is C14H16N6. The first-order valence-electron chi connectivity index (χ1n) is 6.44. The third kappa shape index (κ3) is 2.60. The molecule has 3 aromatic rings. The van der Waals surface area contributed by atoms with Crippen molar-refractivity contribution in [3.8, 4) is 0 Å². The van der Waals surface area contributed by atoms with Crippen LogP contribution in [0.2, 0.25) is 0 Å². The molecule has 102 valence electrons. The van der Waals surface area contributed by atoms with Gasteiger partial charge in [0, 0.05) is 11.9 Å². The molecule has 6 heteroatoms. The molecule has 0 aliphatic heterocycles. The quantitative estimate of drug-likeness (QED) is 0.675. The molecule has 2 aromatic heterocycles. The van der Waals surface area contributed by atoms with Gasteiger partial charge >= 0.3 is 0 Å². The number of hydrogen-bond donors (Lipinski definition) is 3. The minimum absolute atomic E-state index is 0.647. The Hall–Kier alpha value is -2.47. The molecule has 0 saturated heterocycles. The molecule has 0 atom stereocenters. The Morgan fingerprint density at radius 1 is 1.20 bits per heavy atom. The summed E-state index contributed by atoms with van der Waals surface area (Å²) in [5, 5.41) is 6.31. The number of rotatable bonds is 4. The van der Waals surface area contributed by atoms with Crippen molar-refractivity contribution in [3.05, 3.63) is 42.1 Å². The number of aromatic nitrogens is 4. The molecule has 0 amide bonds. The molecule has 3 rings (SSSR count). The average Bonchev–Trinajstić information content (AvgIpc) is 2.79. The van der Waals surface area contributed by atoms with E-state index in [-0.39, 0.29) is 0 Å². The van der Waals surface area contributed by atoms with Crippen LogP contribution in [0.25, 0.3) is 11.0 Å². The Morgan fingerprint density at radius 3 is 2.95 bits per heavy atom. The van der Waals surface area contributed by atoms with E-state index in [4.69, 9.17) is 0 Å². The van der Waals surface area contributed by atoms with E-state index in [2.05, 4.69) is 30.6 Å². The molecule has 0 saturated carbocycles. The van der Waals surface area contributed by atoms with Crippen LogP contribution in [0.4, 0.5) is 11.5 Å². The highest BCUT2D eigenvalue weighted by molar-refractivity contribution is 5.80. The van der Waals surface area contributed by atoms with Crippen LogP contribution in [-0.2, 0) is 6.54 Å². The van der Waals surface area contributed by atoms with Gasteiger partial charge in [0.05, 0.1) is 17.6 Å².